The van der Waals surface area contributed by atoms with E-state index in [4.69, 9.17) is 28.2 Å². The fourth-order valence-electron chi connectivity index (χ4n) is 3.55. The molecule has 1 unspecified atom stereocenters. The maximum atomic E-state index is 12.5. The lowest BCUT2D eigenvalue weighted by molar-refractivity contribution is -0.123. The maximum absolute atomic E-state index is 12.5. The molecule has 1 atom stereocenters. The van der Waals surface area contributed by atoms with Gasteiger partial charge in [0, 0.05) is 53.9 Å². The van der Waals surface area contributed by atoms with Crippen molar-refractivity contribution in [1.29, 1.82) is 0 Å². The second-order valence-electron chi connectivity index (χ2n) is 8.10. The first-order valence-electron chi connectivity index (χ1n) is 10.3. The highest BCUT2D eigenvalue weighted by molar-refractivity contribution is 6.35. The second kappa shape index (κ2) is 9.94. The van der Waals surface area contributed by atoms with Crippen LogP contribution in [0.4, 0.5) is 5.82 Å². The standard InChI is InChI=1S/C22H29Cl2N5O/c1-14(2)22-25-15(3)11-20(27-22)29-9-7-28(8-10-29)13-21(30)26-16(4)18-6-5-17(23)12-19(18)24/h5-6,11-12,14,16H,7-10,13H2,1-4H3,(H,26,30). The van der Waals surface area contributed by atoms with Crippen molar-refractivity contribution in [2.75, 3.05) is 37.6 Å². The van der Waals surface area contributed by atoms with Gasteiger partial charge in [-0.2, -0.15) is 0 Å². The van der Waals surface area contributed by atoms with E-state index in [2.05, 4.69) is 33.9 Å². The predicted octanol–water partition coefficient (Wildman–Crippen LogP) is 4.21. The molecule has 0 saturated carbocycles. The van der Waals surface area contributed by atoms with Crippen LogP contribution in [0.2, 0.25) is 10.0 Å². The normalized spacial score (nSPS) is 16.0. The number of nitrogens with one attached hydrogen (secondary N) is 1. The number of carbonyl (C=O) groups excluding carboxylic acids is 1. The number of amides is 1. The Bertz CT molecular complexity index is 897. The largest absolute Gasteiger partial charge is 0.354 e. The van der Waals surface area contributed by atoms with Gasteiger partial charge in [-0.25, -0.2) is 9.97 Å². The molecule has 1 fully saturated rings. The number of hydrogen-bond donors (Lipinski definition) is 1. The molecule has 1 aliphatic rings. The third kappa shape index (κ3) is 5.84. The molecule has 1 N–H and O–H groups in total. The summed E-state index contributed by atoms with van der Waals surface area (Å²) in [6.45, 7) is 11.8. The van der Waals surface area contributed by atoms with Gasteiger partial charge in [-0.15, -0.1) is 0 Å². The van der Waals surface area contributed by atoms with Crippen LogP contribution in [0.1, 0.15) is 49.8 Å². The first-order chi connectivity index (χ1) is 14.2. The molecule has 0 radical (unpaired) electrons. The van der Waals surface area contributed by atoms with Gasteiger partial charge in [-0.1, -0.05) is 43.1 Å². The van der Waals surface area contributed by atoms with Crippen molar-refractivity contribution in [3.63, 3.8) is 0 Å². The number of halogens is 2. The number of hydrogen-bond acceptors (Lipinski definition) is 5. The Morgan fingerprint density at radius 1 is 1.10 bits per heavy atom. The number of nitrogens with zero attached hydrogens (tertiary/aromatic N) is 4. The Morgan fingerprint density at radius 2 is 1.80 bits per heavy atom. The zero-order chi connectivity index (χ0) is 21.8. The van der Waals surface area contributed by atoms with Crippen molar-refractivity contribution in [3.05, 3.63) is 51.4 Å². The van der Waals surface area contributed by atoms with Gasteiger partial charge in [0.25, 0.3) is 0 Å². The van der Waals surface area contributed by atoms with E-state index in [1.54, 1.807) is 12.1 Å². The van der Waals surface area contributed by atoms with E-state index in [0.717, 1.165) is 49.1 Å². The van der Waals surface area contributed by atoms with E-state index in [1.807, 2.05) is 26.0 Å². The SMILES string of the molecule is Cc1cc(N2CCN(CC(=O)NC(C)c3ccc(Cl)cc3Cl)CC2)nc(C(C)C)n1. The molecular formula is C22H29Cl2N5O. The van der Waals surface area contributed by atoms with Crippen molar-refractivity contribution >= 4 is 34.9 Å². The minimum absolute atomic E-state index is 0.0121. The molecular weight excluding hydrogens is 421 g/mol. The van der Waals surface area contributed by atoms with E-state index in [-0.39, 0.29) is 11.9 Å². The van der Waals surface area contributed by atoms with E-state index in [9.17, 15) is 4.79 Å². The molecule has 1 amide bonds. The van der Waals surface area contributed by atoms with Crippen LogP contribution >= 0.6 is 23.2 Å². The van der Waals surface area contributed by atoms with Crippen molar-refractivity contribution in [1.82, 2.24) is 20.2 Å². The van der Waals surface area contributed by atoms with E-state index >= 15 is 0 Å². The quantitative estimate of drug-likeness (QED) is 0.715. The lowest BCUT2D eigenvalue weighted by atomic mass is 10.1. The number of benzene rings is 1. The van der Waals surface area contributed by atoms with Gasteiger partial charge in [-0.3, -0.25) is 9.69 Å². The van der Waals surface area contributed by atoms with Crippen LogP contribution in [-0.2, 0) is 4.79 Å². The number of rotatable bonds is 6. The molecule has 1 aromatic carbocycles. The Hall–Kier alpha value is -1.89. The van der Waals surface area contributed by atoms with Crippen molar-refractivity contribution in [2.24, 2.45) is 0 Å². The Kier molecular flexibility index (Phi) is 7.55. The summed E-state index contributed by atoms with van der Waals surface area (Å²) in [5.74, 6) is 2.13. The fraction of sp³-hybridized carbons (Fsp3) is 0.500. The van der Waals surface area contributed by atoms with E-state index in [0.29, 0.717) is 22.5 Å². The molecule has 0 bridgehead atoms. The topological polar surface area (TPSA) is 61.4 Å². The van der Waals surface area contributed by atoms with E-state index in [1.165, 1.54) is 0 Å². The summed E-state index contributed by atoms with van der Waals surface area (Å²) in [6, 6.07) is 7.18. The van der Waals surface area contributed by atoms with Crippen LogP contribution in [0.25, 0.3) is 0 Å². The highest BCUT2D eigenvalue weighted by Crippen LogP contribution is 2.26. The van der Waals surface area contributed by atoms with Gasteiger partial charge >= 0.3 is 0 Å². The average Bonchev–Trinajstić information content (AvgIpc) is 2.67. The zero-order valence-corrected chi connectivity index (χ0v) is 19.5. The lowest BCUT2D eigenvalue weighted by Crippen LogP contribution is -2.50. The summed E-state index contributed by atoms with van der Waals surface area (Å²) in [7, 11) is 0. The van der Waals surface area contributed by atoms with Crippen LogP contribution in [-0.4, -0.2) is 53.5 Å². The molecule has 2 aromatic rings. The highest BCUT2D eigenvalue weighted by Gasteiger charge is 2.22. The number of piperazine rings is 1. The summed E-state index contributed by atoms with van der Waals surface area (Å²) in [4.78, 5) is 26.2. The third-order valence-electron chi connectivity index (χ3n) is 5.24. The molecule has 1 aromatic heterocycles. The van der Waals surface area contributed by atoms with Crippen LogP contribution in [0.3, 0.4) is 0 Å². The Morgan fingerprint density at radius 3 is 2.43 bits per heavy atom. The number of anilines is 1. The molecule has 6 nitrogen and oxygen atoms in total. The first kappa shape index (κ1) is 22.8. The molecule has 0 aliphatic carbocycles. The van der Waals surface area contributed by atoms with Crippen molar-refractivity contribution in [2.45, 2.75) is 39.7 Å². The van der Waals surface area contributed by atoms with Crippen LogP contribution < -0.4 is 10.2 Å². The number of carbonyl (C=O) groups is 1. The van der Waals surface area contributed by atoms with Gasteiger partial charge in [0.1, 0.15) is 11.6 Å². The zero-order valence-electron chi connectivity index (χ0n) is 18.0. The molecule has 3 rings (SSSR count). The first-order valence-corrected chi connectivity index (χ1v) is 11.1. The van der Waals surface area contributed by atoms with Crippen LogP contribution in [0, 0.1) is 6.92 Å². The molecule has 2 heterocycles. The van der Waals surface area contributed by atoms with Gasteiger partial charge < -0.3 is 10.2 Å². The minimum atomic E-state index is -0.179. The summed E-state index contributed by atoms with van der Waals surface area (Å²) >= 11 is 12.2. The summed E-state index contributed by atoms with van der Waals surface area (Å²) in [6.07, 6.45) is 0. The van der Waals surface area contributed by atoms with Gasteiger partial charge in [-0.05, 0) is 31.5 Å². The van der Waals surface area contributed by atoms with Gasteiger partial charge in [0.05, 0.1) is 12.6 Å². The Balaban J connectivity index is 1.52. The minimum Gasteiger partial charge on any atom is -0.354 e. The van der Waals surface area contributed by atoms with Crippen LogP contribution in [0.5, 0.6) is 0 Å². The van der Waals surface area contributed by atoms with Gasteiger partial charge in [0.15, 0.2) is 0 Å². The maximum Gasteiger partial charge on any atom is 0.234 e. The monoisotopic (exact) mass is 449 g/mol. The highest BCUT2D eigenvalue weighted by atomic mass is 35.5. The summed E-state index contributed by atoms with van der Waals surface area (Å²) in [5.41, 5.74) is 1.85. The molecule has 1 saturated heterocycles. The lowest BCUT2D eigenvalue weighted by Gasteiger charge is -2.35. The molecule has 0 spiro atoms. The molecule has 162 valence electrons. The average molecular weight is 450 g/mol. The number of aryl methyl sites for hydroxylation is 1. The molecule has 1 aliphatic heterocycles. The van der Waals surface area contributed by atoms with Crippen molar-refractivity contribution < 1.29 is 4.79 Å². The molecule has 30 heavy (non-hydrogen) atoms. The third-order valence-corrected chi connectivity index (χ3v) is 5.81. The van der Waals surface area contributed by atoms with Crippen molar-refractivity contribution in [3.8, 4) is 0 Å². The van der Waals surface area contributed by atoms with Gasteiger partial charge in [0.2, 0.25) is 5.91 Å². The second-order valence-corrected chi connectivity index (χ2v) is 8.94. The van der Waals surface area contributed by atoms with Crippen LogP contribution in [0.15, 0.2) is 24.3 Å². The number of aromatic nitrogens is 2. The smallest absolute Gasteiger partial charge is 0.234 e. The summed E-state index contributed by atoms with van der Waals surface area (Å²) < 4.78 is 0. The fourth-order valence-corrected chi connectivity index (χ4v) is 4.12. The Labute approximate surface area is 188 Å². The van der Waals surface area contributed by atoms with E-state index < -0.39 is 0 Å². The summed E-state index contributed by atoms with van der Waals surface area (Å²) in [5, 5.41) is 4.17. The predicted molar refractivity (Wildman–Crippen MR) is 123 cm³/mol. The molecule has 8 heteroatoms.